The molecule has 0 bridgehead atoms. The van der Waals surface area contributed by atoms with Crippen molar-refractivity contribution in [1.29, 1.82) is 0 Å². The summed E-state index contributed by atoms with van der Waals surface area (Å²) in [5, 5.41) is 0. The van der Waals surface area contributed by atoms with Gasteiger partial charge in [-0.3, -0.25) is 9.82 Å². The van der Waals surface area contributed by atoms with E-state index in [1.165, 1.54) is 0 Å². The predicted molar refractivity (Wildman–Crippen MR) is 69.1 cm³/mol. The maximum atomic E-state index is 5.03. The Labute approximate surface area is 105 Å². The average molecular weight is 247 g/mol. The Balaban J connectivity index is 2.34. The third-order valence-electron chi connectivity index (χ3n) is 2.27. The Morgan fingerprint density at radius 3 is 2.18 bits per heavy atom. The van der Waals surface area contributed by atoms with Crippen LogP contribution in [0.4, 0.5) is 0 Å². The molecule has 2 rings (SSSR count). The van der Waals surface area contributed by atoms with Crippen LogP contribution in [-0.2, 0) is 17.2 Å². The number of thiol groups is 1. The van der Waals surface area contributed by atoms with Crippen molar-refractivity contribution >= 4 is 12.6 Å². The summed E-state index contributed by atoms with van der Waals surface area (Å²) in [5.41, 5.74) is 3.34. The molecule has 88 valence electrons. The van der Waals surface area contributed by atoms with Gasteiger partial charge in [-0.1, -0.05) is 12.1 Å². The lowest BCUT2D eigenvalue weighted by molar-refractivity contribution is 0.121. The lowest BCUT2D eigenvalue weighted by Crippen LogP contribution is -2.01. The molecule has 4 nitrogen and oxygen atoms in total. The number of aromatic nitrogens is 2. The monoisotopic (exact) mass is 247 g/mol. The summed E-state index contributed by atoms with van der Waals surface area (Å²) >= 11 is 4.20. The van der Waals surface area contributed by atoms with Crippen molar-refractivity contribution in [2.24, 2.45) is 5.90 Å². The van der Waals surface area contributed by atoms with Crippen molar-refractivity contribution in [3.8, 4) is 11.4 Å². The van der Waals surface area contributed by atoms with Crippen molar-refractivity contribution in [3.05, 3.63) is 47.8 Å². The van der Waals surface area contributed by atoms with Crippen LogP contribution in [0.3, 0.4) is 0 Å². The van der Waals surface area contributed by atoms with Gasteiger partial charge in [0.25, 0.3) is 0 Å². The number of nitrogens with zero attached hydrogens (tertiary/aromatic N) is 2. The Hall–Kier alpha value is -1.43. The zero-order chi connectivity index (χ0) is 12.1. The molecule has 0 aromatic carbocycles. The van der Waals surface area contributed by atoms with Crippen LogP contribution < -0.4 is 5.90 Å². The van der Waals surface area contributed by atoms with E-state index in [0.29, 0.717) is 12.4 Å². The zero-order valence-electron chi connectivity index (χ0n) is 9.21. The first-order valence-corrected chi connectivity index (χ1v) is 5.81. The van der Waals surface area contributed by atoms with Crippen LogP contribution in [-0.4, -0.2) is 9.97 Å². The highest BCUT2D eigenvalue weighted by Crippen LogP contribution is 2.16. The highest BCUT2D eigenvalue weighted by molar-refractivity contribution is 7.79. The zero-order valence-corrected chi connectivity index (χ0v) is 10.1. The third-order valence-corrected chi connectivity index (χ3v) is 2.59. The van der Waals surface area contributed by atoms with Crippen LogP contribution in [0.1, 0.15) is 11.4 Å². The molecule has 2 N–H and O–H groups in total. The molecule has 0 spiro atoms. The molecule has 5 heteroatoms. The van der Waals surface area contributed by atoms with E-state index in [1.807, 2.05) is 36.4 Å². The molecular formula is C12H13N3OS. The van der Waals surface area contributed by atoms with E-state index in [1.54, 1.807) is 0 Å². The minimum absolute atomic E-state index is 0.292. The van der Waals surface area contributed by atoms with Gasteiger partial charge in [-0.15, -0.1) is 0 Å². The Bertz CT molecular complexity index is 505. The van der Waals surface area contributed by atoms with Gasteiger partial charge >= 0.3 is 0 Å². The number of hydrogen-bond donors (Lipinski definition) is 2. The highest BCUT2D eigenvalue weighted by Gasteiger charge is 2.03. The van der Waals surface area contributed by atoms with E-state index in [4.69, 9.17) is 5.90 Å². The average Bonchev–Trinajstić information content (AvgIpc) is 2.40. The molecule has 0 aliphatic carbocycles. The van der Waals surface area contributed by atoms with Gasteiger partial charge in [0.05, 0.1) is 22.8 Å². The van der Waals surface area contributed by atoms with E-state index in [0.717, 1.165) is 22.8 Å². The summed E-state index contributed by atoms with van der Waals surface area (Å²) in [6, 6.07) is 11.5. The quantitative estimate of drug-likeness (QED) is 0.640. The van der Waals surface area contributed by atoms with Gasteiger partial charge in [-0.2, -0.15) is 12.6 Å². The fourth-order valence-electron chi connectivity index (χ4n) is 1.50. The minimum atomic E-state index is 0.292. The third kappa shape index (κ3) is 3.03. The molecule has 0 saturated heterocycles. The Morgan fingerprint density at radius 2 is 1.59 bits per heavy atom. The van der Waals surface area contributed by atoms with Crippen molar-refractivity contribution in [1.82, 2.24) is 9.97 Å². The second-order valence-electron chi connectivity index (χ2n) is 3.50. The van der Waals surface area contributed by atoms with Crippen molar-refractivity contribution in [2.75, 3.05) is 0 Å². The summed E-state index contributed by atoms with van der Waals surface area (Å²) < 4.78 is 0. The van der Waals surface area contributed by atoms with Gasteiger partial charge in [0, 0.05) is 5.75 Å². The molecule has 0 atom stereocenters. The molecule has 0 radical (unpaired) electrons. The maximum Gasteiger partial charge on any atom is 0.110 e. The summed E-state index contributed by atoms with van der Waals surface area (Å²) in [4.78, 5) is 13.4. The Kier molecular flexibility index (Phi) is 4.08. The number of hydrogen-bond acceptors (Lipinski definition) is 5. The summed E-state index contributed by atoms with van der Waals surface area (Å²) in [7, 11) is 0. The molecule has 0 amide bonds. The van der Waals surface area contributed by atoms with Gasteiger partial charge in [0.1, 0.15) is 6.61 Å². The highest BCUT2D eigenvalue weighted by atomic mass is 32.1. The van der Waals surface area contributed by atoms with E-state index in [2.05, 4.69) is 27.4 Å². The van der Waals surface area contributed by atoms with Crippen LogP contribution in [0.5, 0.6) is 0 Å². The fraction of sp³-hybridized carbons (Fsp3) is 0.167. The van der Waals surface area contributed by atoms with Crippen LogP contribution in [0.25, 0.3) is 11.4 Å². The standard InChI is InChI=1S/C12H13N3OS/c13-16-7-9-3-1-5-11(14-9)12-6-2-4-10(8-17)15-12/h1-6,17H,7-8,13H2. The van der Waals surface area contributed by atoms with Gasteiger partial charge in [0.2, 0.25) is 0 Å². The molecule has 0 aliphatic heterocycles. The molecule has 0 unspecified atom stereocenters. The smallest absolute Gasteiger partial charge is 0.110 e. The van der Waals surface area contributed by atoms with Gasteiger partial charge < -0.3 is 0 Å². The molecule has 2 aromatic heterocycles. The maximum absolute atomic E-state index is 5.03. The lowest BCUT2D eigenvalue weighted by Gasteiger charge is -2.04. The second-order valence-corrected chi connectivity index (χ2v) is 3.81. The first-order valence-electron chi connectivity index (χ1n) is 5.18. The summed E-state index contributed by atoms with van der Waals surface area (Å²) in [5.74, 6) is 5.64. The molecular weight excluding hydrogens is 234 g/mol. The molecule has 0 fully saturated rings. The normalized spacial score (nSPS) is 10.5. The Morgan fingerprint density at radius 1 is 1.00 bits per heavy atom. The molecule has 2 heterocycles. The topological polar surface area (TPSA) is 61.0 Å². The van der Waals surface area contributed by atoms with Crippen molar-refractivity contribution < 1.29 is 4.84 Å². The molecule has 2 aromatic rings. The van der Waals surface area contributed by atoms with Crippen LogP contribution in [0, 0.1) is 0 Å². The second kappa shape index (κ2) is 5.77. The van der Waals surface area contributed by atoms with Gasteiger partial charge in [0.15, 0.2) is 0 Å². The lowest BCUT2D eigenvalue weighted by atomic mass is 10.2. The SMILES string of the molecule is NOCc1cccc(-c2cccc(CS)n2)n1. The largest absolute Gasteiger partial charge is 0.298 e. The van der Waals surface area contributed by atoms with Gasteiger partial charge in [-0.25, -0.2) is 10.9 Å². The van der Waals surface area contributed by atoms with E-state index in [9.17, 15) is 0 Å². The van der Waals surface area contributed by atoms with Crippen molar-refractivity contribution in [2.45, 2.75) is 12.4 Å². The minimum Gasteiger partial charge on any atom is -0.298 e. The molecule has 0 saturated carbocycles. The summed E-state index contributed by atoms with van der Waals surface area (Å²) in [6.07, 6.45) is 0. The fourth-order valence-corrected chi connectivity index (χ4v) is 1.67. The predicted octanol–water partition coefficient (Wildman–Crippen LogP) is 1.96. The molecule has 17 heavy (non-hydrogen) atoms. The van der Waals surface area contributed by atoms with E-state index < -0.39 is 0 Å². The van der Waals surface area contributed by atoms with Gasteiger partial charge in [-0.05, 0) is 24.3 Å². The van der Waals surface area contributed by atoms with Crippen LogP contribution in [0.2, 0.25) is 0 Å². The number of rotatable bonds is 4. The first kappa shape index (κ1) is 12.0. The first-order chi connectivity index (χ1) is 8.33. The molecule has 0 aliphatic rings. The van der Waals surface area contributed by atoms with E-state index >= 15 is 0 Å². The van der Waals surface area contributed by atoms with Crippen LogP contribution in [0.15, 0.2) is 36.4 Å². The summed E-state index contributed by atoms with van der Waals surface area (Å²) in [6.45, 7) is 0.292. The number of nitrogens with two attached hydrogens (primary N) is 1. The number of pyridine rings is 2. The van der Waals surface area contributed by atoms with Crippen molar-refractivity contribution in [3.63, 3.8) is 0 Å². The van der Waals surface area contributed by atoms with Crippen LogP contribution >= 0.6 is 12.6 Å². The van der Waals surface area contributed by atoms with E-state index in [-0.39, 0.29) is 0 Å².